The van der Waals surface area contributed by atoms with Crippen LogP contribution in [-0.2, 0) is 9.59 Å². The Labute approximate surface area is 143 Å². The van der Waals surface area contributed by atoms with Crippen molar-refractivity contribution in [2.75, 3.05) is 22.1 Å². The zero-order valence-electron chi connectivity index (χ0n) is 13.3. The van der Waals surface area contributed by atoms with Crippen molar-refractivity contribution in [3.8, 4) is 0 Å². The Morgan fingerprint density at radius 1 is 1.12 bits per heavy atom. The molecule has 0 saturated carbocycles. The van der Waals surface area contributed by atoms with Crippen molar-refractivity contribution in [3.63, 3.8) is 0 Å². The van der Waals surface area contributed by atoms with Crippen LogP contribution in [0.25, 0.3) is 0 Å². The van der Waals surface area contributed by atoms with Crippen molar-refractivity contribution < 1.29 is 18.9 Å². The highest BCUT2D eigenvalue weighted by atomic mass is 32.2. The highest BCUT2D eigenvalue weighted by Crippen LogP contribution is 2.12. The SMILES string of the molecule is CC(=O)c1cccc(NC(=O)CSCC(=O)Nc2cc(C)on2)c1. The van der Waals surface area contributed by atoms with Crippen LogP contribution < -0.4 is 10.6 Å². The van der Waals surface area contributed by atoms with Crippen molar-refractivity contribution in [1.82, 2.24) is 5.16 Å². The van der Waals surface area contributed by atoms with E-state index in [4.69, 9.17) is 4.52 Å². The molecule has 8 heteroatoms. The molecule has 1 aromatic carbocycles. The van der Waals surface area contributed by atoms with Crippen molar-refractivity contribution in [1.29, 1.82) is 0 Å². The van der Waals surface area contributed by atoms with E-state index in [1.165, 1.54) is 18.7 Å². The highest BCUT2D eigenvalue weighted by Gasteiger charge is 2.09. The smallest absolute Gasteiger partial charge is 0.235 e. The average molecular weight is 347 g/mol. The van der Waals surface area contributed by atoms with Crippen molar-refractivity contribution >= 4 is 40.9 Å². The van der Waals surface area contributed by atoms with Crippen LogP contribution in [-0.4, -0.2) is 34.3 Å². The summed E-state index contributed by atoms with van der Waals surface area (Å²) in [5, 5.41) is 8.92. The van der Waals surface area contributed by atoms with E-state index in [9.17, 15) is 14.4 Å². The van der Waals surface area contributed by atoms with Gasteiger partial charge < -0.3 is 15.2 Å². The second kappa shape index (κ2) is 8.30. The maximum atomic E-state index is 11.9. The van der Waals surface area contributed by atoms with Gasteiger partial charge in [-0.25, -0.2) is 0 Å². The van der Waals surface area contributed by atoms with Crippen LogP contribution in [0.2, 0.25) is 0 Å². The van der Waals surface area contributed by atoms with Gasteiger partial charge in [0.25, 0.3) is 0 Å². The van der Waals surface area contributed by atoms with Gasteiger partial charge >= 0.3 is 0 Å². The number of nitrogens with zero attached hydrogens (tertiary/aromatic N) is 1. The number of thioether (sulfide) groups is 1. The number of aromatic nitrogens is 1. The molecule has 0 fully saturated rings. The van der Waals surface area contributed by atoms with Crippen LogP contribution in [0.3, 0.4) is 0 Å². The first kappa shape index (κ1) is 17.7. The van der Waals surface area contributed by atoms with E-state index < -0.39 is 0 Å². The number of rotatable bonds is 7. The van der Waals surface area contributed by atoms with Gasteiger partial charge in [-0.2, -0.15) is 0 Å². The lowest BCUT2D eigenvalue weighted by Gasteiger charge is -2.06. The predicted molar refractivity (Wildman–Crippen MR) is 92.3 cm³/mol. The van der Waals surface area contributed by atoms with Gasteiger partial charge in [0.15, 0.2) is 11.6 Å². The number of benzene rings is 1. The zero-order valence-corrected chi connectivity index (χ0v) is 14.1. The topological polar surface area (TPSA) is 101 Å². The van der Waals surface area contributed by atoms with Gasteiger partial charge in [0.1, 0.15) is 5.76 Å². The van der Waals surface area contributed by atoms with Gasteiger partial charge in [0.2, 0.25) is 11.8 Å². The van der Waals surface area contributed by atoms with E-state index in [1.807, 2.05) is 0 Å². The first-order valence-corrected chi connectivity index (χ1v) is 8.31. The summed E-state index contributed by atoms with van der Waals surface area (Å²) >= 11 is 1.18. The van der Waals surface area contributed by atoms with Crippen LogP contribution >= 0.6 is 11.8 Å². The lowest BCUT2D eigenvalue weighted by atomic mass is 10.1. The normalized spacial score (nSPS) is 10.2. The van der Waals surface area contributed by atoms with Crippen LogP contribution in [0.5, 0.6) is 0 Å². The number of Topliss-reactive ketones (excluding diaryl/α,β-unsaturated/α-hetero) is 1. The van der Waals surface area contributed by atoms with Crippen molar-refractivity contribution in [2.24, 2.45) is 0 Å². The molecule has 0 atom stereocenters. The summed E-state index contributed by atoms with van der Waals surface area (Å²) in [6, 6.07) is 8.31. The summed E-state index contributed by atoms with van der Waals surface area (Å²) in [6.45, 7) is 3.19. The fraction of sp³-hybridized carbons (Fsp3) is 0.250. The number of nitrogens with one attached hydrogen (secondary N) is 2. The second-order valence-corrected chi connectivity index (χ2v) is 6.03. The van der Waals surface area contributed by atoms with Crippen molar-refractivity contribution in [2.45, 2.75) is 13.8 Å². The van der Waals surface area contributed by atoms with Gasteiger partial charge in [0, 0.05) is 17.3 Å². The molecule has 1 aromatic heterocycles. The molecule has 2 aromatic rings. The number of hydrogen-bond donors (Lipinski definition) is 2. The van der Waals surface area contributed by atoms with Gasteiger partial charge in [-0.05, 0) is 26.0 Å². The summed E-state index contributed by atoms with van der Waals surface area (Å²) in [4.78, 5) is 34.9. The molecule has 0 aliphatic carbocycles. The maximum absolute atomic E-state index is 11.9. The third-order valence-corrected chi connectivity index (χ3v) is 3.85. The van der Waals surface area contributed by atoms with Gasteiger partial charge in [-0.15, -0.1) is 11.8 Å². The molecule has 1 heterocycles. The number of anilines is 2. The minimum Gasteiger partial charge on any atom is -0.360 e. The monoisotopic (exact) mass is 347 g/mol. The molecule has 2 N–H and O–H groups in total. The summed E-state index contributed by atoms with van der Waals surface area (Å²) in [6.07, 6.45) is 0. The molecule has 2 amide bonds. The first-order chi connectivity index (χ1) is 11.4. The van der Waals surface area contributed by atoms with Crippen LogP contribution in [0.4, 0.5) is 11.5 Å². The van der Waals surface area contributed by atoms with E-state index in [0.717, 1.165) is 0 Å². The molecule has 0 spiro atoms. The number of carbonyl (C=O) groups excluding carboxylic acids is 3. The van der Waals surface area contributed by atoms with Gasteiger partial charge in [-0.3, -0.25) is 14.4 Å². The van der Waals surface area contributed by atoms with Crippen molar-refractivity contribution in [3.05, 3.63) is 41.7 Å². The third-order valence-electron chi connectivity index (χ3n) is 2.91. The minimum absolute atomic E-state index is 0.0692. The third kappa shape index (κ3) is 5.54. The Balaban J connectivity index is 1.74. The molecule has 2 rings (SSSR count). The molecule has 0 bridgehead atoms. The summed E-state index contributed by atoms with van der Waals surface area (Å²) in [5.74, 6) is 0.613. The van der Waals surface area contributed by atoms with Gasteiger partial charge in [-0.1, -0.05) is 17.3 Å². The largest absolute Gasteiger partial charge is 0.360 e. The molecule has 126 valence electrons. The minimum atomic E-state index is -0.264. The van der Waals surface area contributed by atoms with E-state index in [2.05, 4.69) is 15.8 Å². The Morgan fingerprint density at radius 3 is 2.46 bits per heavy atom. The molecule has 0 aliphatic heterocycles. The average Bonchev–Trinajstić information content (AvgIpc) is 2.92. The maximum Gasteiger partial charge on any atom is 0.235 e. The molecular formula is C16H17N3O4S. The number of aryl methyl sites for hydroxylation is 1. The fourth-order valence-electron chi connectivity index (χ4n) is 1.85. The Bertz CT molecular complexity index is 757. The zero-order chi connectivity index (χ0) is 17.5. The Morgan fingerprint density at radius 2 is 1.83 bits per heavy atom. The number of ketones is 1. The summed E-state index contributed by atoms with van der Waals surface area (Å²) in [7, 11) is 0. The fourth-order valence-corrected chi connectivity index (χ4v) is 2.47. The number of hydrogen-bond acceptors (Lipinski definition) is 6. The van der Waals surface area contributed by atoms with E-state index >= 15 is 0 Å². The lowest BCUT2D eigenvalue weighted by molar-refractivity contribution is -0.114. The summed E-state index contributed by atoms with van der Waals surface area (Å²) in [5.41, 5.74) is 1.08. The molecule has 0 saturated heterocycles. The Hall–Kier alpha value is -2.61. The highest BCUT2D eigenvalue weighted by molar-refractivity contribution is 8.00. The van der Waals surface area contributed by atoms with Crippen LogP contribution in [0.15, 0.2) is 34.9 Å². The first-order valence-electron chi connectivity index (χ1n) is 7.16. The Kier molecular flexibility index (Phi) is 6.14. The van der Waals surface area contributed by atoms with E-state index in [0.29, 0.717) is 22.8 Å². The van der Waals surface area contributed by atoms with Crippen LogP contribution in [0, 0.1) is 6.92 Å². The molecule has 24 heavy (non-hydrogen) atoms. The van der Waals surface area contributed by atoms with E-state index in [-0.39, 0.29) is 29.1 Å². The second-order valence-electron chi connectivity index (χ2n) is 5.05. The molecule has 0 aliphatic rings. The molecule has 7 nitrogen and oxygen atoms in total. The molecular weight excluding hydrogens is 330 g/mol. The number of carbonyl (C=O) groups is 3. The number of amides is 2. The lowest BCUT2D eigenvalue weighted by Crippen LogP contribution is -2.18. The van der Waals surface area contributed by atoms with Crippen LogP contribution in [0.1, 0.15) is 23.0 Å². The predicted octanol–water partition coefficient (Wildman–Crippen LogP) is 2.50. The van der Waals surface area contributed by atoms with Gasteiger partial charge in [0.05, 0.1) is 11.5 Å². The summed E-state index contributed by atoms with van der Waals surface area (Å²) < 4.78 is 4.84. The molecule has 0 radical (unpaired) electrons. The molecule has 0 unspecified atom stereocenters. The standard InChI is InChI=1S/C16H17N3O4S/c1-10-6-14(19-23-10)18-16(22)9-24-8-15(21)17-13-5-3-4-12(7-13)11(2)20/h3-7H,8-9H2,1-2H3,(H,17,21)(H,18,19,22). The quantitative estimate of drug-likeness (QED) is 0.746. The van der Waals surface area contributed by atoms with E-state index in [1.54, 1.807) is 37.3 Å².